The number of rotatable bonds is 2. The first-order valence-corrected chi connectivity index (χ1v) is 6.49. The van der Waals surface area contributed by atoms with Crippen molar-refractivity contribution in [3.05, 3.63) is 35.2 Å². The largest absolute Gasteiger partial charge is 0.330 e. The van der Waals surface area contributed by atoms with Gasteiger partial charge in [-0.15, -0.1) is 11.3 Å². The molecule has 0 amide bonds. The topological polar surface area (TPSA) is 26.0 Å². The van der Waals surface area contributed by atoms with Crippen LogP contribution < -0.4 is 5.73 Å². The average molecular weight is 253 g/mol. The summed E-state index contributed by atoms with van der Waals surface area (Å²) in [5, 5.41) is 3.07. The molecule has 90 valence electrons. The molecule has 1 aliphatic carbocycles. The van der Waals surface area contributed by atoms with Gasteiger partial charge in [-0.05, 0) is 22.4 Å². The highest BCUT2D eigenvalue weighted by Crippen LogP contribution is 2.54. The molecule has 0 bridgehead atoms. The Morgan fingerprint density at radius 2 is 1.94 bits per heavy atom. The number of halogens is 2. The first-order valence-electron chi connectivity index (χ1n) is 5.61. The zero-order valence-corrected chi connectivity index (χ0v) is 10.1. The van der Waals surface area contributed by atoms with Crippen LogP contribution in [-0.2, 0) is 5.41 Å². The van der Waals surface area contributed by atoms with E-state index in [4.69, 9.17) is 5.73 Å². The molecule has 1 aromatic carbocycles. The van der Waals surface area contributed by atoms with Gasteiger partial charge in [0, 0.05) is 29.5 Å². The third-order valence-electron chi connectivity index (χ3n) is 3.64. The molecular formula is C13H13F2NS. The lowest BCUT2D eigenvalue weighted by Crippen LogP contribution is -2.53. The molecule has 1 aliphatic rings. The molecule has 1 nitrogen and oxygen atoms in total. The maximum Gasteiger partial charge on any atom is 0.250 e. The second kappa shape index (κ2) is 3.50. The average Bonchev–Trinajstić information content (AvgIpc) is 2.69. The summed E-state index contributed by atoms with van der Waals surface area (Å²) in [5.41, 5.74) is 6.24. The number of fused-ring (bicyclic) bond motifs is 1. The van der Waals surface area contributed by atoms with Gasteiger partial charge in [0.05, 0.1) is 0 Å². The van der Waals surface area contributed by atoms with Gasteiger partial charge in [-0.1, -0.05) is 18.2 Å². The van der Waals surface area contributed by atoms with Crippen LogP contribution >= 0.6 is 11.3 Å². The van der Waals surface area contributed by atoms with E-state index < -0.39 is 11.3 Å². The van der Waals surface area contributed by atoms with E-state index in [-0.39, 0.29) is 12.8 Å². The molecule has 0 saturated heterocycles. The van der Waals surface area contributed by atoms with Crippen molar-refractivity contribution in [3.8, 4) is 0 Å². The lowest BCUT2D eigenvalue weighted by atomic mass is 9.62. The summed E-state index contributed by atoms with van der Waals surface area (Å²) in [6.45, 7) is 0.295. The molecule has 2 aromatic rings. The number of nitrogens with two attached hydrogens (primary N) is 1. The highest BCUT2D eigenvalue weighted by Gasteiger charge is 2.57. The van der Waals surface area contributed by atoms with Crippen LogP contribution in [-0.4, -0.2) is 12.5 Å². The minimum absolute atomic E-state index is 0.114. The van der Waals surface area contributed by atoms with E-state index in [2.05, 4.69) is 0 Å². The summed E-state index contributed by atoms with van der Waals surface area (Å²) in [6.07, 6.45) is -0.228. The van der Waals surface area contributed by atoms with Gasteiger partial charge < -0.3 is 5.73 Å². The Morgan fingerprint density at radius 3 is 2.59 bits per heavy atom. The predicted molar refractivity (Wildman–Crippen MR) is 66.7 cm³/mol. The maximum absolute atomic E-state index is 13.2. The van der Waals surface area contributed by atoms with E-state index in [0.717, 1.165) is 15.6 Å². The van der Waals surface area contributed by atoms with E-state index in [1.165, 1.54) is 0 Å². The monoisotopic (exact) mass is 253 g/mol. The molecule has 3 rings (SSSR count). The zero-order valence-electron chi connectivity index (χ0n) is 9.25. The molecule has 1 saturated carbocycles. The van der Waals surface area contributed by atoms with E-state index in [1.54, 1.807) is 11.3 Å². The molecule has 1 aromatic heterocycles. The number of hydrogen-bond acceptors (Lipinski definition) is 2. The minimum Gasteiger partial charge on any atom is -0.330 e. The quantitative estimate of drug-likeness (QED) is 0.870. The van der Waals surface area contributed by atoms with Crippen LogP contribution in [0.4, 0.5) is 8.78 Å². The lowest BCUT2D eigenvalue weighted by molar-refractivity contribution is -0.123. The van der Waals surface area contributed by atoms with Gasteiger partial charge in [0.2, 0.25) is 5.92 Å². The van der Waals surface area contributed by atoms with E-state index in [0.29, 0.717) is 6.54 Å². The van der Waals surface area contributed by atoms with Crippen LogP contribution in [0.5, 0.6) is 0 Å². The minimum atomic E-state index is -2.54. The molecule has 0 spiro atoms. The zero-order chi connectivity index (χ0) is 12.1. The standard InChI is InChI=1S/C13H13F2NS/c14-13(15)6-12(7-13,8-16)10-5-17-11-4-2-1-3-9(10)11/h1-5H,6-8,16H2. The molecule has 0 radical (unpaired) electrons. The third-order valence-corrected chi connectivity index (χ3v) is 4.60. The normalized spacial score (nSPS) is 21.4. The Kier molecular flexibility index (Phi) is 2.28. The summed E-state index contributed by atoms with van der Waals surface area (Å²) >= 11 is 1.61. The van der Waals surface area contributed by atoms with Gasteiger partial charge in [-0.25, -0.2) is 8.78 Å². The SMILES string of the molecule is NCC1(c2csc3ccccc23)CC(F)(F)C1. The molecule has 0 unspecified atom stereocenters. The van der Waals surface area contributed by atoms with Crippen LogP contribution in [0, 0.1) is 0 Å². The van der Waals surface area contributed by atoms with Gasteiger partial charge in [0.25, 0.3) is 0 Å². The van der Waals surface area contributed by atoms with Crippen LogP contribution in [0.3, 0.4) is 0 Å². The molecule has 1 heterocycles. The van der Waals surface area contributed by atoms with E-state index >= 15 is 0 Å². The van der Waals surface area contributed by atoms with Crippen molar-refractivity contribution in [1.82, 2.24) is 0 Å². The van der Waals surface area contributed by atoms with Crippen molar-refractivity contribution in [2.24, 2.45) is 5.73 Å². The van der Waals surface area contributed by atoms with E-state index in [9.17, 15) is 8.78 Å². The summed E-state index contributed by atoms with van der Waals surface area (Å²) in [4.78, 5) is 0. The smallest absolute Gasteiger partial charge is 0.250 e. The molecule has 0 atom stereocenters. The van der Waals surface area contributed by atoms with Crippen LogP contribution in [0.25, 0.3) is 10.1 Å². The Morgan fingerprint density at radius 1 is 1.24 bits per heavy atom. The highest BCUT2D eigenvalue weighted by molar-refractivity contribution is 7.17. The Labute approximate surface area is 102 Å². The maximum atomic E-state index is 13.2. The first-order chi connectivity index (χ1) is 8.06. The fourth-order valence-electron chi connectivity index (χ4n) is 2.77. The Bertz CT molecular complexity index is 553. The summed E-state index contributed by atoms with van der Waals surface area (Å²) in [5.74, 6) is -2.54. The first kappa shape index (κ1) is 11.1. The van der Waals surface area contributed by atoms with Gasteiger partial charge in [0.1, 0.15) is 0 Å². The molecule has 17 heavy (non-hydrogen) atoms. The predicted octanol–water partition coefficient (Wildman–Crippen LogP) is 3.53. The summed E-state index contributed by atoms with van der Waals surface area (Å²) in [7, 11) is 0. The van der Waals surface area contributed by atoms with Crippen molar-refractivity contribution in [1.29, 1.82) is 0 Å². The van der Waals surface area contributed by atoms with Gasteiger partial charge in [-0.2, -0.15) is 0 Å². The summed E-state index contributed by atoms with van der Waals surface area (Å²) in [6, 6.07) is 7.92. The molecule has 2 N–H and O–H groups in total. The van der Waals surface area contributed by atoms with Crippen molar-refractivity contribution in [2.45, 2.75) is 24.2 Å². The number of benzene rings is 1. The summed E-state index contributed by atoms with van der Waals surface area (Å²) < 4.78 is 27.5. The van der Waals surface area contributed by atoms with Gasteiger partial charge in [-0.3, -0.25) is 0 Å². The van der Waals surface area contributed by atoms with Crippen molar-refractivity contribution < 1.29 is 8.78 Å². The van der Waals surface area contributed by atoms with E-state index in [1.807, 2.05) is 29.6 Å². The number of alkyl halides is 2. The number of hydrogen-bond donors (Lipinski definition) is 1. The Hall–Kier alpha value is -1.00. The Balaban J connectivity index is 2.09. The van der Waals surface area contributed by atoms with Crippen LogP contribution in [0.15, 0.2) is 29.6 Å². The van der Waals surface area contributed by atoms with Crippen molar-refractivity contribution in [2.75, 3.05) is 6.54 Å². The fraction of sp³-hybridized carbons (Fsp3) is 0.385. The van der Waals surface area contributed by atoms with Crippen LogP contribution in [0.2, 0.25) is 0 Å². The second-order valence-electron chi connectivity index (χ2n) is 4.84. The van der Waals surface area contributed by atoms with Crippen molar-refractivity contribution >= 4 is 21.4 Å². The number of thiophene rings is 1. The second-order valence-corrected chi connectivity index (χ2v) is 5.75. The third kappa shape index (κ3) is 1.58. The van der Waals surface area contributed by atoms with Gasteiger partial charge >= 0.3 is 0 Å². The lowest BCUT2D eigenvalue weighted by Gasteiger charge is -2.46. The molecular weight excluding hydrogens is 240 g/mol. The van der Waals surface area contributed by atoms with Crippen LogP contribution in [0.1, 0.15) is 18.4 Å². The molecule has 4 heteroatoms. The highest BCUT2D eigenvalue weighted by atomic mass is 32.1. The molecule has 0 aliphatic heterocycles. The van der Waals surface area contributed by atoms with Gasteiger partial charge in [0.15, 0.2) is 0 Å². The van der Waals surface area contributed by atoms with Crippen molar-refractivity contribution in [3.63, 3.8) is 0 Å². The molecule has 1 fully saturated rings. The fourth-order valence-corrected chi connectivity index (χ4v) is 3.86.